The highest BCUT2D eigenvalue weighted by Gasteiger charge is 2.19. The van der Waals surface area contributed by atoms with Gasteiger partial charge in [0.05, 0.1) is 17.3 Å². The van der Waals surface area contributed by atoms with E-state index in [0.717, 1.165) is 33.0 Å². The molecule has 3 aromatic carbocycles. The zero-order chi connectivity index (χ0) is 25.5. The average molecular weight is 508 g/mol. The number of hydrogen-bond acceptors (Lipinski definition) is 6. The minimum Gasteiger partial charge on any atom is -0.489 e. The van der Waals surface area contributed by atoms with Crippen molar-refractivity contribution in [3.05, 3.63) is 136 Å². The van der Waals surface area contributed by atoms with E-state index in [4.69, 9.17) is 9.72 Å². The lowest BCUT2D eigenvalue weighted by Gasteiger charge is -2.18. The van der Waals surface area contributed by atoms with Crippen LogP contribution in [-0.2, 0) is 13.2 Å². The maximum Gasteiger partial charge on any atom is 0.336 e. The van der Waals surface area contributed by atoms with Crippen LogP contribution in [0, 0.1) is 0 Å². The van der Waals surface area contributed by atoms with Gasteiger partial charge in [0.2, 0.25) is 0 Å². The molecule has 0 aliphatic rings. The van der Waals surface area contributed by atoms with Gasteiger partial charge in [0.15, 0.2) is 5.82 Å². The van der Waals surface area contributed by atoms with Crippen molar-refractivity contribution < 1.29 is 14.6 Å². The number of carboxylic acid groups (broad SMARTS) is 1. The summed E-state index contributed by atoms with van der Waals surface area (Å²) in [7, 11) is 0. The predicted octanol–water partition coefficient (Wildman–Crippen LogP) is 6.36. The van der Waals surface area contributed by atoms with Crippen molar-refractivity contribution in [3.8, 4) is 17.1 Å². The third kappa shape index (κ3) is 6.09. The Hall–Kier alpha value is -4.33. The summed E-state index contributed by atoms with van der Waals surface area (Å²) >= 11 is 1.62. The van der Waals surface area contributed by atoms with Gasteiger partial charge >= 0.3 is 5.97 Å². The number of thiophene rings is 1. The molecule has 0 radical (unpaired) electrons. The Kier molecular flexibility index (Phi) is 7.64. The van der Waals surface area contributed by atoms with Crippen LogP contribution in [0.25, 0.3) is 11.4 Å². The molecule has 0 saturated carbocycles. The highest BCUT2D eigenvalue weighted by molar-refractivity contribution is 7.10. The third-order valence-electron chi connectivity index (χ3n) is 5.91. The molecule has 0 aliphatic carbocycles. The number of rotatable bonds is 10. The summed E-state index contributed by atoms with van der Waals surface area (Å²) in [5.41, 5.74) is 3.82. The van der Waals surface area contributed by atoms with Gasteiger partial charge in [-0.1, -0.05) is 54.6 Å². The minimum atomic E-state index is -0.939. The molecule has 0 amide bonds. The molecule has 2 aromatic heterocycles. The van der Waals surface area contributed by atoms with Crippen LogP contribution in [0.15, 0.2) is 109 Å². The van der Waals surface area contributed by atoms with E-state index in [1.165, 1.54) is 0 Å². The van der Waals surface area contributed by atoms with Gasteiger partial charge < -0.3 is 15.2 Å². The van der Waals surface area contributed by atoms with E-state index >= 15 is 0 Å². The Morgan fingerprint density at radius 1 is 0.919 bits per heavy atom. The summed E-state index contributed by atoms with van der Waals surface area (Å²) in [6.07, 6.45) is 1.75. The van der Waals surface area contributed by atoms with E-state index in [-0.39, 0.29) is 11.6 Å². The smallest absolute Gasteiger partial charge is 0.336 e. The first kappa shape index (κ1) is 24.4. The molecule has 1 atom stereocenters. The minimum absolute atomic E-state index is 0.211. The molecule has 0 aliphatic heterocycles. The van der Waals surface area contributed by atoms with Crippen LogP contribution < -0.4 is 10.1 Å². The molecule has 0 saturated heterocycles. The van der Waals surface area contributed by atoms with Gasteiger partial charge in [-0.15, -0.1) is 11.3 Å². The fourth-order valence-electron chi connectivity index (χ4n) is 4.02. The first-order valence-electron chi connectivity index (χ1n) is 11.9. The van der Waals surface area contributed by atoms with E-state index in [1.54, 1.807) is 29.7 Å². The van der Waals surface area contributed by atoms with Gasteiger partial charge in [-0.2, -0.15) is 0 Å². The number of nitrogens with zero attached hydrogens (tertiary/aromatic N) is 2. The number of aromatic nitrogens is 2. The molecule has 0 spiro atoms. The van der Waals surface area contributed by atoms with E-state index in [0.29, 0.717) is 19.0 Å². The lowest BCUT2D eigenvalue weighted by atomic mass is 10.1. The zero-order valence-corrected chi connectivity index (χ0v) is 20.8. The van der Waals surface area contributed by atoms with Crippen molar-refractivity contribution in [3.63, 3.8) is 0 Å². The lowest BCUT2D eigenvalue weighted by Crippen LogP contribution is -2.23. The van der Waals surface area contributed by atoms with Crippen molar-refractivity contribution in [1.82, 2.24) is 15.3 Å². The maximum atomic E-state index is 11.6. The summed E-state index contributed by atoms with van der Waals surface area (Å²) < 4.78 is 5.90. The van der Waals surface area contributed by atoms with Crippen molar-refractivity contribution in [1.29, 1.82) is 0 Å². The number of carboxylic acids is 1. The number of ether oxygens (including phenoxy) is 1. The van der Waals surface area contributed by atoms with Crippen LogP contribution >= 0.6 is 11.3 Å². The Balaban J connectivity index is 1.34. The fourth-order valence-corrected chi connectivity index (χ4v) is 4.83. The van der Waals surface area contributed by atoms with E-state index in [9.17, 15) is 9.90 Å². The second-order valence-corrected chi connectivity index (χ2v) is 9.37. The fraction of sp³-hybridized carbons (Fsp3) is 0.100. The van der Waals surface area contributed by atoms with Crippen LogP contribution in [0.1, 0.15) is 38.1 Å². The first-order valence-corrected chi connectivity index (χ1v) is 12.7. The lowest BCUT2D eigenvalue weighted by molar-refractivity contribution is 0.0695. The van der Waals surface area contributed by atoms with Crippen molar-refractivity contribution in [2.75, 3.05) is 0 Å². The highest BCUT2D eigenvalue weighted by atomic mass is 32.1. The van der Waals surface area contributed by atoms with E-state index in [2.05, 4.69) is 10.3 Å². The molecule has 5 rings (SSSR count). The van der Waals surface area contributed by atoms with Crippen LogP contribution in [0.4, 0.5) is 0 Å². The normalized spacial score (nSPS) is 11.7. The van der Waals surface area contributed by atoms with Gasteiger partial charge in [-0.05, 0) is 59.0 Å². The van der Waals surface area contributed by atoms with E-state index in [1.807, 2.05) is 90.3 Å². The average Bonchev–Trinajstić information content (AvgIpc) is 3.48. The number of aromatic carboxylic acids is 1. The maximum absolute atomic E-state index is 11.6. The van der Waals surface area contributed by atoms with Crippen LogP contribution in [0.3, 0.4) is 0 Å². The van der Waals surface area contributed by atoms with Crippen molar-refractivity contribution >= 4 is 17.3 Å². The molecule has 37 heavy (non-hydrogen) atoms. The number of benzene rings is 3. The molecule has 6 nitrogen and oxygen atoms in total. The molecule has 2 N–H and O–H groups in total. The molecule has 0 bridgehead atoms. The van der Waals surface area contributed by atoms with Gasteiger partial charge in [0.1, 0.15) is 12.4 Å². The SMILES string of the molecule is O=C(O)c1ccccc1CNC(c1ccnc(-c2ccc(OCc3ccccc3)cc2)n1)c1cccs1. The first-order chi connectivity index (χ1) is 18.2. The summed E-state index contributed by atoms with van der Waals surface area (Å²) in [5.74, 6) is 0.450. The number of nitrogens with one attached hydrogen (secondary N) is 1. The van der Waals surface area contributed by atoms with Crippen LogP contribution in [0.2, 0.25) is 0 Å². The zero-order valence-electron chi connectivity index (χ0n) is 20.0. The molecule has 0 fully saturated rings. The standard InChI is InChI=1S/C30H25N3O3S/c34-30(35)25-10-5-4-9-23(25)19-32-28(27-11-6-18-37-27)26-16-17-31-29(33-26)22-12-14-24(15-13-22)36-20-21-7-2-1-3-8-21/h1-18,28,32H,19-20H2,(H,34,35). The van der Waals surface area contributed by atoms with Gasteiger partial charge in [-0.3, -0.25) is 0 Å². The highest BCUT2D eigenvalue weighted by Crippen LogP contribution is 2.27. The monoisotopic (exact) mass is 507 g/mol. The second kappa shape index (κ2) is 11.6. The molecule has 184 valence electrons. The molecular formula is C30H25N3O3S. The van der Waals surface area contributed by atoms with E-state index < -0.39 is 5.97 Å². The number of carbonyl (C=O) groups is 1. The molecule has 2 heterocycles. The molecular weight excluding hydrogens is 482 g/mol. The van der Waals surface area contributed by atoms with Crippen LogP contribution in [0.5, 0.6) is 5.75 Å². The summed E-state index contributed by atoms with van der Waals surface area (Å²) in [6.45, 7) is 0.892. The van der Waals surface area contributed by atoms with Crippen LogP contribution in [-0.4, -0.2) is 21.0 Å². The topological polar surface area (TPSA) is 84.3 Å². The predicted molar refractivity (Wildman–Crippen MR) is 145 cm³/mol. The Labute approximate surface area is 219 Å². The third-order valence-corrected chi connectivity index (χ3v) is 6.84. The largest absolute Gasteiger partial charge is 0.489 e. The number of hydrogen-bond donors (Lipinski definition) is 2. The second-order valence-electron chi connectivity index (χ2n) is 8.40. The van der Waals surface area contributed by atoms with Gasteiger partial charge in [0, 0.05) is 23.2 Å². The van der Waals surface area contributed by atoms with Gasteiger partial charge in [0.25, 0.3) is 0 Å². The Morgan fingerprint density at radius 3 is 2.46 bits per heavy atom. The molecule has 7 heteroatoms. The molecule has 5 aromatic rings. The Bertz CT molecular complexity index is 1460. The molecule has 1 unspecified atom stereocenters. The summed E-state index contributed by atoms with van der Waals surface area (Å²) in [6, 6.07) is 30.6. The summed E-state index contributed by atoms with van der Waals surface area (Å²) in [4.78, 5) is 22.1. The Morgan fingerprint density at radius 2 is 1.70 bits per heavy atom. The quantitative estimate of drug-likeness (QED) is 0.229. The van der Waals surface area contributed by atoms with Crippen molar-refractivity contribution in [2.45, 2.75) is 19.2 Å². The van der Waals surface area contributed by atoms with Gasteiger partial charge in [-0.25, -0.2) is 14.8 Å². The van der Waals surface area contributed by atoms with Crippen molar-refractivity contribution in [2.24, 2.45) is 0 Å². The summed E-state index contributed by atoms with van der Waals surface area (Å²) in [5, 5.41) is 15.1.